The van der Waals surface area contributed by atoms with Crippen LogP contribution in [-0.4, -0.2) is 16.0 Å². The fourth-order valence-electron chi connectivity index (χ4n) is 3.37. The number of thioether (sulfide) groups is 1. The van der Waals surface area contributed by atoms with E-state index in [2.05, 4.69) is 26.0 Å². The number of carbonyl (C=O) groups is 2. The molecule has 1 aliphatic heterocycles. The van der Waals surface area contributed by atoms with Crippen molar-refractivity contribution in [2.75, 3.05) is 0 Å². The van der Waals surface area contributed by atoms with E-state index >= 15 is 0 Å². The molecule has 1 saturated heterocycles. The topological polar surface area (TPSA) is 37.4 Å². The first kappa shape index (κ1) is 18.5. The number of carbonyl (C=O) groups excluding carboxylic acids is 2. The van der Waals surface area contributed by atoms with Crippen LogP contribution < -0.4 is 0 Å². The third-order valence-electron chi connectivity index (χ3n) is 4.98. The van der Waals surface area contributed by atoms with Crippen LogP contribution in [0.4, 0.5) is 4.79 Å². The first-order valence-corrected chi connectivity index (χ1v) is 10.2. The van der Waals surface area contributed by atoms with E-state index in [1.54, 1.807) is 6.08 Å². The number of rotatable bonds is 4. The second-order valence-electron chi connectivity index (χ2n) is 7.23. The lowest BCUT2D eigenvalue weighted by Gasteiger charge is -2.14. The molecule has 0 unspecified atom stereocenters. The lowest BCUT2D eigenvalue weighted by molar-refractivity contribution is -0.123. The predicted molar refractivity (Wildman–Crippen MR) is 116 cm³/mol. The number of hydrogen-bond donors (Lipinski definition) is 0. The summed E-state index contributed by atoms with van der Waals surface area (Å²) in [6.07, 6.45) is 1.80. The second kappa shape index (κ2) is 7.64. The maximum absolute atomic E-state index is 12.9. The first-order chi connectivity index (χ1) is 13.5. The molecule has 1 aliphatic rings. The van der Waals surface area contributed by atoms with Crippen molar-refractivity contribution in [1.82, 2.24) is 4.90 Å². The van der Waals surface area contributed by atoms with Crippen LogP contribution in [0.25, 0.3) is 16.8 Å². The Balaban J connectivity index is 1.58. The molecule has 1 fully saturated rings. The van der Waals surface area contributed by atoms with Crippen molar-refractivity contribution in [3.05, 3.63) is 88.3 Å². The van der Waals surface area contributed by atoms with Crippen molar-refractivity contribution in [2.24, 2.45) is 0 Å². The molecule has 0 spiro atoms. The molecule has 4 heteroatoms. The van der Waals surface area contributed by atoms with Gasteiger partial charge in [-0.1, -0.05) is 80.6 Å². The van der Waals surface area contributed by atoms with Gasteiger partial charge in [-0.15, -0.1) is 0 Å². The molecular weight excluding hydrogens is 366 g/mol. The van der Waals surface area contributed by atoms with Gasteiger partial charge in [0.15, 0.2) is 0 Å². The summed E-state index contributed by atoms with van der Waals surface area (Å²) in [6.45, 7) is 4.58. The largest absolute Gasteiger partial charge is 0.293 e. The summed E-state index contributed by atoms with van der Waals surface area (Å²) in [5.74, 6) is 0.234. The van der Waals surface area contributed by atoms with Crippen LogP contribution >= 0.6 is 11.8 Å². The zero-order valence-corrected chi connectivity index (χ0v) is 16.7. The molecule has 0 bridgehead atoms. The summed E-state index contributed by atoms with van der Waals surface area (Å²) in [5, 5.41) is 1.95. The highest BCUT2D eigenvalue weighted by Crippen LogP contribution is 2.34. The van der Waals surface area contributed by atoms with Crippen LogP contribution in [0.1, 0.15) is 36.5 Å². The Morgan fingerprint density at radius 1 is 0.929 bits per heavy atom. The van der Waals surface area contributed by atoms with Gasteiger partial charge in [0.1, 0.15) is 0 Å². The lowest BCUT2D eigenvalue weighted by Crippen LogP contribution is -2.27. The van der Waals surface area contributed by atoms with Gasteiger partial charge < -0.3 is 0 Å². The molecule has 1 heterocycles. The SMILES string of the molecule is CC(C)c1ccc(/C=C2/SC(=O)N(Cc3cccc4ccccc34)C2=O)cc1. The maximum atomic E-state index is 12.9. The molecule has 0 atom stereocenters. The van der Waals surface area contributed by atoms with Crippen LogP contribution in [-0.2, 0) is 11.3 Å². The lowest BCUT2D eigenvalue weighted by atomic mass is 10.0. The minimum absolute atomic E-state index is 0.219. The zero-order valence-electron chi connectivity index (χ0n) is 15.9. The minimum Gasteiger partial charge on any atom is -0.268 e. The third kappa shape index (κ3) is 3.60. The number of fused-ring (bicyclic) bond motifs is 1. The first-order valence-electron chi connectivity index (χ1n) is 9.35. The Kier molecular flexibility index (Phi) is 5.05. The van der Waals surface area contributed by atoms with E-state index in [9.17, 15) is 9.59 Å². The molecule has 0 N–H and O–H groups in total. The Morgan fingerprint density at radius 3 is 2.39 bits per heavy atom. The number of nitrogens with zero attached hydrogens (tertiary/aromatic N) is 1. The van der Waals surface area contributed by atoms with E-state index in [0.29, 0.717) is 10.8 Å². The van der Waals surface area contributed by atoms with Crippen molar-refractivity contribution in [2.45, 2.75) is 26.3 Å². The Bertz CT molecular complexity index is 1080. The fourth-order valence-corrected chi connectivity index (χ4v) is 4.20. The van der Waals surface area contributed by atoms with E-state index in [-0.39, 0.29) is 17.7 Å². The normalized spacial score (nSPS) is 16.0. The fraction of sp³-hybridized carbons (Fsp3) is 0.167. The summed E-state index contributed by atoms with van der Waals surface area (Å²) in [4.78, 5) is 27.2. The smallest absolute Gasteiger partial charge is 0.268 e. The summed E-state index contributed by atoms with van der Waals surface area (Å²) in [7, 11) is 0. The monoisotopic (exact) mass is 387 g/mol. The Morgan fingerprint density at radius 2 is 1.64 bits per heavy atom. The second-order valence-corrected chi connectivity index (χ2v) is 8.22. The highest BCUT2D eigenvalue weighted by Gasteiger charge is 2.35. The molecule has 0 aromatic heterocycles. The average Bonchev–Trinajstić information content (AvgIpc) is 2.96. The number of imide groups is 1. The van der Waals surface area contributed by atoms with Crippen molar-refractivity contribution in [1.29, 1.82) is 0 Å². The van der Waals surface area contributed by atoms with Crippen LogP contribution in [0.3, 0.4) is 0 Å². The Labute approximate surface area is 169 Å². The molecule has 140 valence electrons. The van der Waals surface area contributed by atoms with Crippen LogP contribution in [0.15, 0.2) is 71.6 Å². The molecule has 0 radical (unpaired) electrons. The molecular formula is C24H21NO2S. The number of benzene rings is 3. The van der Waals surface area contributed by atoms with E-state index in [4.69, 9.17) is 0 Å². The van der Waals surface area contributed by atoms with Gasteiger partial charge in [-0.2, -0.15) is 0 Å². The van der Waals surface area contributed by atoms with Gasteiger partial charge in [0, 0.05) is 0 Å². The van der Waals surface area contributed by atoms with E-state index < -0.39 is 0 Å². The van der Waals surface area contributed by atoms with Gasteiger partial charge >= 0.3 is 0 Å². The number of amides is 2. The van der Waals surface area contributed by atoms with Crippen LogP contribution in [0.5, 0.6) is 0 Å². The summed E-state index contributed by atoms with van der Waals surface area (Å²) in [5.41, 5.74) is 3.16. The molecule has 28 heavy (non-hydrogen) atoms. The van der Waals surface area contributed by atoms with E-state index in [1.807, 2.05) is 54.6 Å². The van der Waals surface area contributed by atoms with Crippen LogP contribution in [0.2, 0.25) is 0 Å². The highest BCUT2D eigenvalue weighted by molar-refractivity contribution is 8.18. The van der Waals surface area contributed by atoms with Crippen molar-refractivity contribution in [3.8, 4) is 0 Å². The van der Waals surface area contributed by atoms with Gasteiger partial charge in [-0.3, -0.25) is 14.5 Å². The van der Waals surface area contributed by atoms with Gasteiger partial charge in [-0.05, 0) is 51.2 Å². The molecule has 4 rings (SSSR count). The molecule has 0 saturated carbocycles. The van der Waals surface area contributed by atoms with E-state index in [1.165, 1.54) is 10.5 Å². The Hall–Kier alpha value is -2.85. The van der Waals surface area contributed by atoms with Gasteiger partial charge in [0.25, 0.3) is 11.1 Å². The van der Waals surface area contributed by atoms with Crippen molar-refractivity contribution >= 4 is 39.8 Å². The molecule has 3 aromatic rings. The third-order valence-corrected chi connectivity index (χ3v) is 5.89. The van der Waals surface area contributed by atoms with Crippen molar-refractivity contribution < 1.29 is 9.59 Å². The van der Waals surface area contributed by atoms with Gasteiger partial charge in [-0.25, -0.2) is 0 Å². The standard InChI is InChI=1S/C24H21NO2S/c1-16(2)18-12-10-17(11-13-18)14-22-23(26)25(24(27)28-22)15-20-8-5-7-19-6-3-4-9-21(19)20/h3-14,16H,15H2,1-2H3/b22-14+. The average molecular weight is 388 g/mol. The molecule has 2 amide bonds. The summed E-state index contributed by atoms with van der Waals surface area (Å²) in [6, 6.07) is 22.1. The van der Waals surface area contributed by atoms with Crippen molar-refractivity contribution in [3.63, 3.8) is 0 Å². The minimum atomic E-state index is -0.226. The molecule has 3 nitrogen and oxygen atoms in total. The zero-order chi connectivity index (χ0) is 19.7. The summed E-state index contributed by atoms with van der Waals surface area (Å²) >= 11 is 1.01. The molecule has 3 aromatic carbocycles. The maximum Gasteiger partial charge on any atom is 0.293 e. The van der Waals surface area contributed by atoms with Gasteiger partial charge in [0.2, 0.25) is 0 Å². The molecule has 0 aliphatic carbocycles. The number of hydrogen-bond acceptors (Lipinski definition) is 3. The van der Waals surface area contributed by atoms with Crippen LogP contribution in [0, 0.1) is 0 Å². The highest BCUT2D eigenvalue weighted by atomic mass is 32.2. The summed E-state index contributed by atoms with van der Waals surface area (Å²) < 4.78 is 0. The van der Waals surface area contributed by atoms with Gasteiger partial charge in [0.05, 0.1) is 11.4 Å². The quantitative estimate of drug-likeness (QED) is 0.500. The predicted octanol–water partition coefficient (Wildman–Crippen LogP) is 6.20. The van der Waals surface area contributed by atoms with E-state index in [0.717, 1.165) is 33.7 Å².